The number of hydrogen-bond donors (Lipinski definition) is 1. The zero-order valence-electron chi connectivity index (χ0n) is 9.99. The molecule has 0 unspecified atom stereocenters. The van der Waals surface area contributed by atoms with Gasteiger partial charge in [-0.25, -0.2) is 4.98 Å². The average molecular weight is 221 g/mol. The van der Waals surface area contributed by atoms with E-state index in [1.54, 1.807) is 6.20 Å². The number of hydrogen-bond acceptors (Lipinski definition) is 3. The van der Waals surface area contributed by atoms with E-state index in [1.165, 1.54) is 19.0 Å². The van der Waals surface area contributed by atoms with Gasteiger partial charge < -0.3 is 5.32 Å². The van der Waals surface area contributed by atoms with Crippen LogP contribution in [0.5, 0.6) is 0 Å². The molecule has 16 heavy (non-hydrogen) atoms. The Bertz CT molecular complexity index is 322. The molecule has 0 aliphatic carbocycles. The van der Waals surface area contributed by atoms with E-state index in [9.17, 15) is 4.79 Å². The van der Waals surface area contributed by atoms with E-state index in [2.05, 4.69) is 22.2 Å². The van der Waals surface area contributed by atoms with E-state index >= 15 is 0 Å². The minimum atomic E-state index is -0.135. The number of amides is 1. The van der Waals surface area contributed by atoms with Crippen LogP contribution in [0.3, 0.4) is 0 Å². The molecule has 4 nitrogen and oxygen atoms in total. The van der Waals surface area contributed by atoms with Gasteiger partial charge in [-0.3, -0.25) is 9.78 Å². The molecule has 0 atom stereocenters. The fraction of sp³-hybridized carbons (Fsp3) is 0.583. The third-order valence-corrected chi connectivity index (χ3v) is 2.33. The maximum Gasteiger partial charge on any atom is 0.271 e. The minimum Gasteiger partial charge on any atom is -0.351 e. The number of aryl methyl sites for hydroxylation is 1. The van der Waals surface area contributed by atoms with Crippen molar-refractivity contribution in [2.45, 2.75) is 39.5 Å². The van der Waals surface area contributed by atoms with Gasteiger partial charge in [0.25, 0.3) is 5.91 Å². The van der Waals surface area contributed by atoms with Crippen molar-refractivity contribution >= 4 is 5.91 Å². The van der Waals surface area contributed by atoms with Crippen molar-refractivity contribution < 1.29 is 4.79 Å². The van der Waals surface area contributed by atoms with Crippen molar-refractivity contribution in [3.63, 3.8) is 0 Å². The third kappa shape index (κ3) is 4.38. The summed E-state index contributed by atoms with van der Waals surface area (Å²) < 4.78 is 0. The molecule has 1 rings (SSSR count). The first-order valence-electron chi connectivity index (χ1n) is 5.81. The van der Waals surface area contributed by atoms with Crippen molar-refractivity contribution in [3.05, 3.63) is 23.8 Å². The van der Waals surface area contributed by atoms with Gasteiger partial charge in [0.15, 0.2) is 0 Å². The molecule has 1 aromatic rings. The summed E-state index contributed by atoms with van der Waals surface area (Å²) in [5.74, 6) is -0.135. The summed E-state index contributed by atoms with van der Waals surface area (Å²) in [4.78, 5) is 19.6. The van der Waals surface area contributed by atoms with Crippen LogP contribution in [0.15, 0.2) is 12.4 Å². The van der Waals surface area contributed by atoms with E-state index in [0.717, 1.165) is 18.5 Å². The summed E-state index contributed by atoms with van der Waals surface area (Å²) in [5.41, 5.74) is 1.21. The highest BCUT2D eigenvalue weighted by Crippen LogP contribution is 1.98. The van der Waals surface area contributed by atoms with Gasteiger partial charge in [-0.1, -0.05) is 26.2 Å². The molecule has 1 heterocycles. The Balaban J connectivity index is 2.27. The Hall–Kier alpha value is -1.45. The van der Waals surface area contributed by atoms with Gasteiger partial charge in [0.1, 0.15) is 5.69 Å². The maximum absolute atomic E-state index is 11.6. The Morgan fingerprint density at radius 3 is 2.69 bits per heavy atom. The highest BCUT2D eigenvalue weighted by Gasteiger charge is 2.05. The van der Waals surface area contributed by atoms with Crippen LogP contribution >= 0.6 is 0 Å². The van der Waals surface area contributed by atoms with Gasteiger partial charge in [-0.15, -0.1) is 0 Å². The van der Waals surface area contributed by atoms with E-state index in [0.29, 0.717) is 12.2 Å². The summed E-state index contributed by atoms with van der Waals surface area (Å²) in [6, 6.07) is 0. The van der Waals surface area contributed by atoms with Crippen molar-refractivity contribution in [3.8, 4) is 0 Å². The molecule has 0 radical (unpaired) electrons. The van der Waals surface area contributed by atoms with E-state index in [-0.39, 0.29) is 5.91 Å². The van der Waals surface area contributed by atoms with Crippen molar-refractivity contribution in [1.29, 1.82) is 0 Å². The van der Waals surface area contributed by atoms with Gasteiger partial charge in [0, 0.05) is 12.7 Å². The maximum atomic E-state index is 11.6. The molecular formula is C12H19N3O. The first-order valence-corrected chi connectivity index (χ1v) is 5.81. The normalized spacial score (nSPS) is 10.1. The number of nitrogens with zero attached hydrogens (tertiary/aromatic N) is 2. The first-order chi connectivity index (χ1) is 7.74. The molecule has 0 spiro atoms. The fourth-order valence-corrected chi connectivity index (χ4v) is 1.35. The lowest BCUT2D eigenvalue weighted by molar-refractivity contribution is 0.0947. The molecule has 0 aromatic carbocycles. The van der Waals surface area contributed by atoms with Crippen LogP contribution in [0.1, 0.15) is 48.8 Å². The predicted octanol–water partition coefficient (Wildman–Crippen LogP) is 2.10. The molecule has 1 aromatic heterocycles. The first kappa shape index (κ1) is 12.6. The van der Waals surface area contributed by atoms with Gasteiger partial charge in [0.2, 0.25) is 0 Å². The monoisotopic (exact) mass is 221 g/mol. The molecule has 0 aliphatic heterocycles. The molecule has 4 heteroatoms. The lowest BCUT2D eigenvalue weighted by atomic mass is 10.2. The van der Waals surface area contributed by atoms with Crippen LogP contribution in [0.25, 0.3) is 0 Å². The summed E-state index contributed by atoms with van der Waals surface area (Å²) in [6.45, 7) is 4.73. The van der Waals surface area contributed by atoms with Gasteiger partial charge in [0.05, 0.1) is 11.9 Å². The molecular weight excluding hydrogens is 202 g/mol. The van der Waals surface area contributed by atoms with E-state index in [4.69, 9.17) is 0 Å². The van der Waals surface area contributed by atoms with Crippen LogP contribution in [-0.4, -0.2) is 22.4 Å². The van der Waals surface area contributed by atoms with Crippen LogP contribution in [0.2, 0.25) is 0 Å². The van der Waals surface area contributed by atoms with Gasteiger partial charge in [-0.05, 0) is 13.3 Å². The second-order valence-corrected chi connectivity index (χ2v) is 3.86. The van der Waals surface area contributed by atoms with E-state index in [1.807, 2.05) is 6.92 Å². The van der Waals surface area contributed by atoms with Crippen LogP contribution in [0.4, 0.5) is 0 Å². The summed E-state index contributed by atoms with van der Waals surface area (Å²) in [6.07, 6.45) is 7.73. The minimum absolute atomic E-state index is 0.135. The fourth-order valence-electron chi connectivity index (χ4n) is 1.35. The Morgan fingerprint density at radius 2 is 2.06 bits per heavy atom. The molecule has 1 amide bonds. The smallest absolute Gasteiger partial charge is 0.271 e. The molecule has 0 fully saturated rings. The molecule has 1 N–H and O–H groups in total. The Kier molecular flexibility index (Phi) is 5.46. The Labute approximate surface area is 96.5 Å². The van der Waals surface area contributed by atoms with Crippen molar-refractivity contribution in [2.24, 2.45) is 0 Å². The highest BCUT2D eigenvalue weighted by molar-refractivity contribution is 5.91. The number of nitrogens with one attached hydrogen (secondary N) is 1. The molecule has 0 saturated heterocycles. The lowest BCUT2D eigenvalue weighted by Gasteiger charge is -2.03. The van der Waals surface area contributed by atoms with Crippen molar-refractivity contribution in [1.82, 2.24) is 15.3 Å². The number of carbonyl (C=O) groups is 1. The van der Waals surface area contributed by atoms with Gasteiger partial charge in [-0.2, -0.15) is 0 Å². The molecule has 0 saturated carbocycles. The highest BCUT2D eigenvalue weighted by atomic mass is 16.1. The molecule has 88 valence electrons. The van der Waals surface area contributed by atoms with Gasteiger partial charge >= 0.3 is 0 Å². The Morgan fingerprint density at radius 1 is 1.25 bits per heavy atom. The zero-order chi connectivity index (χ0) is 11.8. The summed E-state index contributed by atoms with van der Waals surface area (Å²) >= 11 is 0. The summed E-state index contributed by atoms with van der Waals surface area (Å²) in [5, 5.41) is 2.84. The zero-order valence-corrected chi connectivity index (χ0v) is 9.99. The largest absolute Gasteiger partial charge is 0.351 e. The quantitative estimate of drug-likeness (QED) is 0.748. The van der Waals surface area contributed by atoms with Crippen molar-refractivity contribution in [2.75, 3.05) is 6.54 Å². The van der Waals surface area contributed by atoms with Crippen LogP contribution < -0.4 is 5.32 Å². The number of aromatic nitrogens is 2. The number of unbranched alkanes of at least 4 members (excludes halogenated alkanes) is 3. The third-order valence-electron chi connectivity index (χ3n) is 2.33. The predicted molar refractivity (Wildman–Crippen MR) is 63.2 cm³/mol. The second kappa shape index (κ2) is 6.93. The van der Waals surface area contributed by atoms with Crippen LogP contribution in [-0.2, 0) is 0 Å². The lowest BCUT2D eigenvalue weighted by Crippen LogP contribution is -2.25. The second-order valence-electron chi connectivity index (χ2n) is 3.86. The molecule has 0 aliphatic rings. The molecule has 0 bridgehead atoms. The topological polar surface area (TPSA) is 54.9 Å². The SMILES string of the molecule is CCCCCCNC(=O)c1cnc(C)cn1. The summed E-state index contributed by atoms with van der Waals surface area (Å²) in [7, 11) is 0. The van der Waals surface area contributed by atoms with Crippen LogP contribution in [0, 0.1) is 6.92 Å². The standard InChI is InChI=1S/C12H19N3O/c1-3-4-5-6-7-13-12(16)11-9-14-10(2)8-15-11/h8-9H,3-7H2,1-2H3,(H,13,16). The average Bonchev–Trinajstić information content (AvgIpc) is 2.29. The number of rotatable bonds is 6. The number of carbonyl (C=O) groups excluding carboxylic acids is 1. The van der Waals surface area contributed by atoms with E-state index < -0.39 is 0 Å².